The van der Waals surface area contributed by atoms with E-state index in [1.165, 1.54) is 0 Å². The second-order valence-corrected chi connectivity index (χ2v) is 6.88. The summed E-state index contributed by atoms with van der Waals surface area (Å²) in [5.74, 6) is -0.223. The van der Waals surface area contributed by atoms with Gasteiger partial charge in [0, 0.05) is 18.5 Å². The monoisotopic (exact) mass is 369 g/mol. The first-order chi connectivity index (χ1) is 12.9. The van der Waals surface area contributed by atoms with E-state index < -0.39 is 5.97 Å². The van der Waals surface area contributed by atoms with Gasteiger partial charge in [-0.25, -0.2) is 0 Å². The number of benzene rings is 2. The molecule has 0 aliphatic carbocycles. The average Bonchev–Trinajstić information content (AvgIpc) is 2.59. The van der Waals surface area contributed by atoms with Gasteiger partial charge in [0.2, 0.25) is 5.91 Å². The lowest BCUT2D eigenvalue weighted by molar-refractivity contribution is -0.137. The van der Waals surface area contributed by atoms with E-state index in [-0.39, 0.29) is 24.7 Å². The molecule has 2 N–H and O–H groups in total. The maximum absolute atomic E-state index is 12.4. The Morgan fingerprint density at radius 3 is 2.33 bits per heavy atom. The van der Waals surface area contributed by atoms with Crippen LogP contribution >= 0.6 is 0 Å². The smallest absolute Gasteiger partial charge is 0.303 e. The van der Waals surface area contributed by atoms with E-state index in [2.05, 4.69) is 5.32 Å². The zero-order chi connectivity index (χ0) is 19.6. The number of rotatable bonds is 10. The van der Waals surface area contributed by atoms with Crippen molar-refractivity contribution in [3.05, 3.63) is 59.7 Å². The summed E-state index contributed by atoms with van der Waals surface area (Å²) < 4.78 is 5.70. The van der Waals surface area contributed by atoms with Crippen LogP contribution in [0.2, 0.25) is 0 Å². The molecule has 5 nitrogen and oxygen atoms in total. The molecule has 0 saturated heterocycles. The van der Waals surface area contributed by atoms with Crippen LogP contribution in [0.5, 0.6) is 5.75 Å². The molecular formula is C22H27NO4. The molecule has 27 heavy (non-hydrogen) atoms. The molecule has 0 saturated carbocycles. The van der Waals surface area contributed by atoms with E-state index in [1.807, 2.05) is 62.4 Å². The van der Waals surface area contributed by atoms with Crippen LogP contribution in [-0.4, -0.2) is 23.6 Å². The molecule has 0 aromatic heterocycles. The quantitative estimate of drug-likeness (QED) is 0.643. The number of nitrogens with one attached hydrogen (secondary N) is 1. The van der Waals surface area contributed by atoms with Gasteiger partial charge in [0.1, 0.15) is 5.75 Å². The second-order valence-electron chi connectivity index (χ2n) is 6.88. The maximum Gasteiger partial charge on any atom is 0.303 e. The summed E-state index contributed by atoms with van der Waals surface area (Å²) in [5.41, 5.74) is 2.95. The molecule has 2 aromatic rings. The highest BCUT2D eigenvalue weighted by atomic mass is 16.5. The van der Waals surface area contributed by atoms with Gasteiger partial charge in [0.15, 0.2) is 0 Å². The fourth-order valence-electron chi connectivity index (χ4n) is 3.06. The fraction of sp³-hybridized carbons (Fsp3) is 0.364. The Morgan fingerprint density at radius 1 is 1.04 bits per heavy atom. The van der Waals surface area contributed by atoms with Gasteiger partial charge >= 0.3 is 5.97 Å². The summed E-state index contributed by atoms with van der Waals surface area (Å²) in [7, 11) is 0. The van der Waals surface area contributed by atoms with Gasteiger partial charge in [-0.05, 0) is 68.0 Å². The Morgan fingerprint density at radius 2 is 1.70 bits per heavy atom. The van der Waals surface area contributed by atoms with E-state index in [9.17, 15) is 9.59 Å². The fourth-order valence-corrected chi connectivity index (χ4v) is 3.06. The van der Waals surface area contributed by atoms with Gasteiger partial charge < -0.3 is 15.2 Å². The molecule has 5 heteroatoms. The van der Waals surface area contributed by atoms with E-state index in [0.29, 0.717) is 19.4 Å². The molecule has 144 valence electrons. The molecule has 2 rings (SSSR count). The number of carbonyl (C=O) groups is 2. The largest absolute Gasteiger partial charge is 0.494 e. The molecule has 0 aliphatic heterocycles. The zero-order valence-electron chi connectivity index (χ0n) is 15.9. The number of carboxylic acids is 1. The van der Waals surface area contributed by atoms with Crippen molar-refractivity contribution >= 4 is 17.6 Å². The van der Waals surface area contributed by atoms with Crippen LogP contribution in [0.15, 0.2) is 48.5 Å². The van der Waals surface area contributed by atoms with Crippen molar-refractivity contribution in [3.8, 4) is 5.75 Å². The highest BCUT2D eigenvalue weighted by Crippen LogP contribution is 2.20. The van der Waals surface area contributed by atoms with Crippen LogP contribution in [0.3, 0.4) is 0 Å². The highest BCUT2D eigenvalue weighted by molar-refractivity contribution is 5.91. The molecule has 0 aliphatic rings. The predicted octanol–water partition coefficient (Wildman–Crippen LogP) is 4.58. The lowest BCUT2D eigenvalue weighted by Crippen LogP contribution is -2.19. The third-order valence-corrected chi connectivity index (χ3v) is 4.28. The molecule has 0 radical (unpaired) electrons. The normalized spacial score (nSPS) is 11.6. The first-order valence-corrected chi connectivity index (χ1v) is 9.20. The first kappa shape index (κ1) is 20.5. The minimum Gasteiger partial charge on any atom is -0.494 e. The molecule has 0 fully saturated rings. The number of aryl methyl sites for hydroxylation is 2. The van der Waals surface area contributed by atoms with Gasteiger partial charge in [-0.15, -0.1) is 0 Å². The number of aliphatic carboxylic acids is 1. The van der Waals surface area contributed by atoms with Crippen molar-refractivity contribution in [2.24, 2.45) is 5.92 Å². The minimum atomic E-state index is -0.848. The van der Waals surface area contributed by atoms with E-state index in [4.69, 9.17) is 9.84 Å². The van der Waals surface area contributed by atoms with Crippen LogP contribution in [0.4, 0.5) is 5.69 Å². The second kappa shape index (κ2) is 10.4. The standard InChI is InChI=1S/C22H27NO4/c1-16-12-17(2)14-19(13-16)23-21(24)15-18(8-9-22(25)26)10-11-27-20-6-4-3-5-7-20/h3-7,12-14,18H,8-11,15H2,1-2H3,(H,23,24)(H,25,26). The van der Waals surface area contributed by atoms with Crippen LogP contribution < -0.4 is 10.1 Å². The summed E-state index contributed by atoms with van der Waals surface area (Å²) in [6.07, 6.45) is 1.40. The van der Waals surface area contributed by atoms with Crippen molar-refractivity contribution in [2.45, 2.75) is 39.5 Å². The molecule has 1 unspecified atom stereocenters. The number of hydrogen-bond donors (Lipinski definition) is 2. The molecular weight excluding hydrogens is 342 g/mol. The molecule has 0 bridgehead atoms. The van der Waals surface area contributed by atoms with Crippen molar-refractivity contribution < 1.29 is 19.4 Å². The number of hydrogen-bond acceptors (Lipinski definition) is 3. The summed E-state index contributed by atoms with van der Waals surface area (Å²) in [6, 6.07) is 15.4. The molecule has 1 amide bonds. The predicted molar refractivity (Wildman–Crippen MR) is 106 cm³/mol. The van der Waals surface area contributed by atoms with Gasteiger partial charge in [0.05, 0.1) is 6.61 Å². The van der Waals surface area contributed by atoms with Crippen molar-refractivity contribution in [1.29, 1.82) is 0 Å². The van der Waals surface area contributed by atoms with Crippen molar-refractivity contribution in [1.82, 2.24) is 0 Å². The Kier molecular flexibility index (Phi) is 7.86. The van der Waals surface area contributed by atoms with Crippen molar-refractivity contribution in [2.75, 3.05) is 11.9 Å². The average molecular weight is 369 g/mol. The summed E-state index contributed by atoms with van der Waals surface area (Å²) in [4.78, 5) is 23.3. The molecule has 0 heterocycles. The first-order valence-electron chi connectivity index (χ1n) is 9.20. The lowest BCUT2D eigenvalue weighted by Gasteiger charge is -2.17. The zero-order valence-corrected chi connectivity index (χ0v) is 15.9. The van der Waals surface area contributed by atoms with E-state index >= 15 is 0 Å². The molecule has 2 aromatic carbocycles. The Bertz CT molecular complexity index is 738. The molecule has 1 atom stereocenters. The number of ether oxygens (including phenoxy) is 1. The third-order valence-electron chi connectivity index (χ3n) is 4.28. The summed E-state index contributed by atoms with van der Waals surface area (Å²) >= 11 is 0. The van der Waals surface area contributed by atoms with Crippen LogP contribution in [-0.2, 0) is 9.59 Å². The SMILES string of the molecule is Cc1cc(C)cc(NC(=O)CC(CCOc2ccccc2)CCC(=O)O)c1. The summed E-state index contributed by atoms with van der Waals surface area (Å²) in [5, 5.41) is 11.9. The third kappa shape index (κ3) is 7.94. The van der Waals surface area contributed by atoms with E-state index in [1.54, 1.807) is 0 Å². The Balaban J connectivity index is 1.89. The number of carboxylic acid groups (broad SMARTS) is 1. The Hall–Kier alpha value is -2.82. The number of carbonyl (C=O) groups excluding carboxylic acids is 1. The highest BCUT2D eigenvalue weighted by Gasteiger charge is 2.16. The van der Waals surface area contributed by atoms with Crippen LogP contribution in [0.25, 0.3) is 0 Å². The number of para-hydroxylation sites is 1. The number of anilines is 1. The van der Waals surface area contributed by atoms with Crippen LogP contribution in [0.1, 0.15) is 36.8 Å². The Labute approximate surface area is 160 Å². The van der Waals surface area contributed by atoms with Gasteiger partial charge in [-0.1, -0.05) is 24.3 Å². The minimum absolute atomic E-state index is 0.0456. The summed E-state index contributed by atoms with van der Waals surface area (Å²) in [6.45, 7) is 4.42. The molecule has 0 spiro atoms. The van der Waals surface area contributed by atoms with E-state index in [0.717, 1.165) is 22.6 Å². The van der Waals surface area contributed by atoms with Crippen molar-refractivity contribution in [3.63, 3.8) is 0 Å². The topological polar surface area (TPSA) is 75.6 Å². The lowest BCUT2D eigenvalue weighted by atomic mass is 9.95. The van der Waals surface area contributed by atoms with Gasteiger partial charge in [-0.2, -0.15) is 0 Å². The van der Waals surface area contributed by atoms with Gasteiger partial charge in [-0.3, -0.25) is 9.59 Å². The number of amides is 1. The van der Waals surface area contributed by atoms with Crippen LogP contribution in [0, 0.1) is 19.8 Å². The maximum atomic E-state index is 12.4. The van der Waals surface area contributed by atoms with Gasteiger partial charge in [0.25, 0.3) is 0 Å².